The molecule has 2 aliphatic heterocycles. The van der Waals surface area contributed by atoms with E-state index in [9.17, 15) is 0 Å². The van der Waals surface area contributed by atoms with Crippen molar-refractivity contribution >= 4 is 34.3 Å². The maximum atomic E-state index is 6.21. The van der Waals surface area contributed by atoms with Crippen LogP contribution in [0, 0.1) is 6.92 Å². The number of rotatable bonds is 1. The van der Waals surface area contributed by atoms with E-state index >= 15 is 0 Å². The molecular formula is C17H20ClN7O2. The quantitative estimate of drug-likeness (QED) is 0.684. The first kappa shape index (κ1) is 16.8. The van der Waals surface area contributed by atoms with Crippen LogP contribution in [0.15, 0.2) is 6.20 Å². The Morgan fingerprint density at radius 3 is 3.04 bits per heavy atom. The number of ether oxygens (including phenoxy) is 2. The molecule has 5 heterocycles. The van der Waals surface area contributed by atoms with Gasteiger partial charge in [0.2, 0.25) is 5.95 Å². The minimum Gasteiger partial charge on any atom is -0.475 e. The molecule has 2 bridgehead atoms. The molecule has 0 aromatic carbocycles. The van der Waals surface area contributed by atoms with Crippen LogP contribution in [-0.4, -0.2) is 49.3 Å². The van der Waals surface area contributed by atoms with Gasteiger partial charge in [-0.25, -0.2) is 9.67 Å². The van der Waals surface area contributed by atoms with Crippen LogP contribution in [0.2, 0.25) is 5.15 Å². The van der Waals surface area contributed by atoms with Gasteiger partial charge in [-0.2, -0.15) is 10.1 Å². The molecular weight excluding hydrogens is 370 g/mol. The Labute approximate surface area is 160 Å². The van der Waals surface area contributed by atoms with Gasteiger partial charge in [0.05, 0.1) is 30.3 Å². The number of hydrogen-bond acceptors (Lipinski definition) is 7. The van der Waals surface area contributed by atoms with Gasteiger partial charge >= 0.3 is 0 Å². The Hall–Kier alpha value is -2.39. The molecule has 0 unspecified atom stereocenters. The zero-order chi connectivity index (χ0) is 18.4. The molecule has 3 aromatic rings. The molecule has 27 heavy (non-hydrogen) atoms. The van der Waals surface area contributed by atoms with Crippen LogP contribution in [-0.2, 0) is 11.3 Å². The smallest absolute Gasteiger partial charge is 0.257 e. The fourth-order valence-electron chi connectivity index (χ4n) is 3.64. The summed E-state index contributed by atoms with van der Waals surface area (Å²) in [7, 11) is 0. The Bertz CT molecular complexity index is 993. The van der Waals surface area contributed by atoms with Gasteiger partial charge in [-0.15, -0.1) is 5.10 Å². The zero-order valence-electron chi connectivity index (χ0n) is 15.0. The lowest BCUT2D eigenvalue weighted by molar-refractivity contribution is 0.0537. The molecule has 9 nitrogen and oxygen atoms in total. The molecule has 142 valence electrons. The molecule has 2 aliphatic rings. The normalized spacial score (nSPS) is 20.0. The van der Waals surface area contributed by atoms with E-state index in [4.69, 9.17) is 26.2 Å². The number of nitrogens with one attached hydrogen (secondary N) is 1. The second kappa shape index (κ2) is 6.65. The molecule has 3 aromatic heterocycles. The molecule has 5 rings (SSSR count). The Kier molecular flexibility index (Phi) is 4.13. The standard InChI is InChI=1S/C17H20ClN7O2/c1-10-13-16(23-25(10)11-4-2-6-26-9-11)27-7-3-5-24-15-12(14(18)22-24)8-19-17(20-13)21-15/h8,11H,2-7,9H2,1H3,(H,19,20,21)/t11-/m1/s1. The van der Waals surface area contributed by atoms with Crippen molar-refractivity contribution in [3.05, 3.63) is 17.0 Å². The first-order chi connectivity index (χ1) is 13.2. The monoisotopic (exact) mass is 389 g/mol. The molecule has 0 saturated carbocycles. The van der Waals surface area contributed by atoms with Crippen LogP contribution in [0.5, 0.6) is 5.88 Å². The van der Waals surface area contributed by atoms with Gasteiger partial charge < -0.3 is 14.8 Å². The lowest BCUT2D eigenvalue weighted by Crippen LogP contribution is -2.23. The van der Waals surface area contributed by atoms with Gasteiger partial charge in [-0.3, -0.25) is 4.68 Å². The van der Waals surface area contributed by atoms with Crippen LogP contribution in [0.25, 0.3) is 11.0 Å². The second-order valence-electron chi connectivity index (χ2n) is 6.85. The lowest BCUT2D eigenvalue weighted by atomic mass is 10.1. The highest BCUT2D eigenvalue weighted by molar-refractivity contribution is 6.34. The van der Waals surface area contributed by atoms with Crippen molar-refractivity contribution in [2.45, 2.75) is 38.8 Å². The highest BCUT2D eigenvalue weighted by Crippen LogP contribution is 2.34. The van der Waals surface area contributed by atoms with Gasteiger partial charge in [-0.1, -0.05) is 11.6 Å². The number of anilines is 2. The minimum atomic E-state index is 0.216. The van der Waals surface area contributed by atoms with Crippen molar-refractivity contribution in [1.82, 2.24) is 29.5 Å². The fraction of sp³-hybridized carbons (Fsp3) is 0.529. The summed E-state index contributed by atoms with van der Waals surface area (Å²) in [5, 5.41) is 13.5. The van der Waals surface area contributed by atoms with Crippen molar-refractivity contribution in [3.8, 4) is 5.88 Å². The van der Waals surface area contributed by atoms with Crippen molar-refractivity contribution in [3.63, 3.8) is 0 Å². The van der Waals surface area contributed by atoms with E-state index in [1.165, 1.54) is 0 Å². The summed E-state index contributed by atoms with van der Waals surface area (Å²) in [6.07, 6.45) is 4.54. The lowest BCUT2D eigenvalue weighted by Gasteiger charge is -2.23. The summed E-state index contributed by atoms with van der Waals surface area (Å²) in [5.74, 6) is 1.04. The molecule has 0 aliphatic carbocycles. The summed E-state index contributed by atoms with van der Waals surface area (Å²) in [6.45, 7) is 4.69. The third-order valence-electron chi connectivity index (χ3n) is 5.03. The summed E-state index contributed by atoms with van der Waals surface area (Å²) in [5.41, 5.74) is 2.49. The van der Waals surface area contributed by atoms with Crippen LogP contribution in [0.4, 0.5) is 11.6 Å². The third-order valence-corrected chi connectivity index (χ3v) is 5.31. The van der Waals surface area contributed by atoms with Crippen LogP contribution < -0.4 is 10.1 Å². The van der Waals surface area contributed by atoms with Crippen LogP contribution >= 0.6 is 11.6 Å². The summed E-state index contributed by atoms with van der Waals surface area (Å²) < 4.78 is 15.4. The highest BCUT2D eigenvalue weighted by atomic mass is 35.5. The maximum Gasteiger partial charge on any atom is 0.257 e. The van der Waals surface area contributed by atoms with Gasteiger partial charge in [-0.05, 0) is 19.8 Å². The number of nitrogens with zero attached hydrogens (tertiary/aromatic N) is 6. The maximum absolute atomic E-state index is 6.21. The van der Waals surface area contributed by atoms with E-state index in [-0.39, 0.29) is 6.04 Å². The highest BCUT2D eigenvalue weighted by Gasteiger charge is 2.25. The molecule has 1 N–H and O–H groups in total. The van der Waals surface area contributed by atoms with E-state index in [2.05, 4.69) is 20.4 Å². The van der Waals surface area contributed by atoms with Gasteiger partial charge in [0.25, 0.3) is 5.88 Å². The summed E-state index contributed by atoms with van der Waals surface area (Å²) in [4.78, 5) is 9.01. The topological polar surface area (TPSA) is 91.9 Å². The molecule has 0 radical (unpaired) electrons. The van der Waals surface area contributed by atoms with Crippen LogP contribution in [0.1, 0.15) is 31.0 Å². The second-order valence-corrected chi connectivity index (χ2v) is 7.21. The summed E-state index contributed by atoms with van der Waals surface area (Å²) in [6, 6.07) is 0.216. The Balaban J connectivity index is 1.57. The van der Waals surface area contributed by atoms with E-state index in [0.29, 0.717) is 42.4 Å². The minimum absolute atomic E-state index is 0.216. The Morgan fingerprint density at radius 2 is 2.19 bits per heavy atom. The van der Waals surface area contributed by atoms with E-state index < -0.39 is 0 Å². The predicted octanol–water partition coefficient (Wildman–Crippen LogP) is 2.86. The molecule has 1 atom stereocenters. The first-order valence-corrected chi connectivity index (χ1v) is 9.54. The largest absolute Gasteiger partial charge is 0.475 e. The average molecular weight is 390 g/mol. The molecule has 0 spiro atoms. The van der Waals surface area contributed by atoms with Gasteiger partial charge in [0, 0.05) is 25.8 Å². The molecule has 1 fully saturated rings. The van der Waals surface area contributed by atoms with E-state index in [1.54, 1.807) is 10.9 Å². The van der Waals surface area contributed by atoms with Gasteiger partial charge in [0.15, 0.2) is 10.8 Å². The number of aryl methyl sites for hydroxylation is 1. The van der Waals surface area contributed by atoms with E-state index in [0.717, 1.165) is 42.6 Å². The SMILES string of the molecule is Cc1c2c(nn1[C@@H]1CCCOC1)OCCCn1nc(Cl)c3cnc(nc31)N2. The summed E-state index contributed by atoms with van der Waals surface area (Å²) >= 11 is 6.21. The molecule has 0 amide bonds. The number of halogens is 1. The third kappa shape index (κ3) is 2.90. The first-order valence-electron chi connectivity index (χ1n) is 9.16. The van der Waals surface area contributed by atoms with Crippen molar-refractivity contribution in [2.24, 2.45) is 0 Å². The Morgan fingerprint density at radius 1 is 1.26 bits per heavy atom. The van der Waals surface area contributed by atoms with Crippen molar-refractivity contribution < 1.29 is 9.47 Å². The molecule has 1 saturated heterocycles. The number of aromatic nitrogens is 6. The van der Waals surface area contributed by atoms with Crippen LogP contribution in [0.3, 0.4) is 0 Å². The van der Waals surface area contributed by atoms with E-state index in [1.807, 2.05) is 11.6 Å². The average Bonchev–Trinajstić information content (AvgIpc) is 3.16. The fourth-order valence-corrected chi connectivity index (χ4v) is 3.87. The number of fused-ring (bicyclic) bond motifs is 2. The zero-order valence-corrected chi connectivity index (χ0v) is 15.7. The van der Waals surface area contributed by atoms with Crippen molar-refractivity contribution in [2.75, 3.05) is 25.1 Å². The number of hydrogen-bond donors (Lipinski definition) is 1. The molecule has 10 heteroatoms. The van der Waals surface area contributed by atoms with Crippen molar-refractivity contribution in [1.29, 1.82) is 0 Å². The van der Waals surface area contributed by atoms with Gasteiger partial charge in [0.1, 0.15) is 5.69 Å². The predicted molar refractivity (Wildman–Crippen MR) is 99.8 cm³/mol.